The maximum Gasteiger partial charge on any atom is 0.252 e. The molecular formula is C26H27F2N3O. The summed E-state index contributed by atoms with van der Waals surface area (Å²) in [5.74, 6) is -1.50. The number of halogens is 2. The van der Waals surface area contributed by atoms with Crippen molar-refractivity contribution in [1.82, 2.24) is 15.2 Å². The van der Waals surface area contributed by atoms with Gasteiger partial charge in [-0.3, -0.25) is 14.7 Å². The number of amides is 1. The molecule has 6 heteroatoms. The van der Waals surface area contributed by atoms with Crippen LogP contribution >= 0.6 is 0 Å². The van der Waals surface area contributed by atoms with E-state index in [9.17, 15) is 13.6 Å². The van der Waals surface area contributed by atoms with Gasteiger partial charge in [-0.1, -0.05) is 30.3 Å². The van der Waals surface area contributed by atoms with E-state index in [4.69, 9.17) is 0 Å². The molecule has 1 aliphatic heterocycles. The van der Waals surface area contributed by atoms with Gasteiger partial charge in [-0.15, -0.1) is 0 Å². The fourth-order valence-corrected chi connectivity index (χ4v) is 4.38. The first-order valence-corrected chi connectivity index (χ1v) is 10.9. The molecule has 0 spiro atoms. The maximum absolute atomic E-state index is 13.5. The zero-order valence-corrected chi connectivity index (χ0v) is 18.1. The quantitative estimate of drug-likeness (QED) is 0.589. The molecule has 0 bridgehead atoms. The number of nitrogens with one attached hydrogen (secondary N) is 1. The zero-order valence-electron chi connectivity index (χ0n) is 18.1. The fraction of sp³-hybridized carbons (Fsp3) is 0.308. The molecule has 1 atom stereocenters. The average Bonchev–Trinajstić information content (AvgIpc) is 2.81. The number of pyridine rings is 1. The first-order chi connectivity index (χ1) is 15.5. The number of rotatable bonds is 6. The molecule has 0 unspecified atom stereocenters. The Bertz CT molecular complexity index is 1070. The van der Waals surface area contributed by atoms with Gasteiger partial charge < -0.3 is 5.32 Å². The van der Waals surface area contributed by atoms with Gasteiger partial charge in [-0.2, -0.15) is 0 Å². The second kappa shape index (κ2) is 10.0. The Morgan fingerprint density at radius 1 is 1.06 bits per heavy atom. The van der Waals surface area contributed by atoms with Crippen LogP contribution in [0, 0.1) is 24.5 Å². The molecule has 4 nitrogen and oxygen atoms in total. The average molecular weight is 436 g/mol. The Balaban J connectivity index is 1.45. The van der Waals surface area contributed by atoms with Crippen LogP contribution in [-0.2, 0) is 6.54 Å². The molecule has 2 aromatic carbocycles. The van der Waals surface area contributed by atoms with Crippen LogP contribution in [0.3, 0.4) is 0 Å². The van der Waals surface area contributed by atoms with Crippen molar-refractivity contribution in [2.24, 2.45) is 5.92 Å². The molecule has 0 saturated carbocycles. The number of nitrogens with zero attached hydrogens (tertiary/aromatic N) is 2. The van der Waals surface area contributed by atoms with Crippen molar-refractivity contribution < 1.29 is 13.6 Å². The molecule has 1 N–H and O–H groups in total. The van der Waals surface area contributed by atoms with Gasteiger partial charge in [-0.05, 0) is 80.2 Å². The number of likely N-dealkylation sites (tertiary alicyclic amines) is 1. The Labute approximate surface area is 187 Å². The lowest BCUT2D eigenvalue weighted by atomic mass is 9.86. The van der Waals surface area contributed by atoms with Crippen LogP contribution in [0.1, 0.15) is 46.1 Å². The molecule has 32 heavy (non-hydrogen) atoms. The second-order valence-corrected chi connectivity index (χ2v) is 8.38. The van der Waals surface area contributed by atoms with Crippen molar-refractivity contribution in [3.8, 4) is 0 Å². The lowest BCUT2D eigenvalue weighted by Crippen LogP contribution is -2.41. The minimum Gasteiger partial charge on any atom is -0.343 e. The van der Waals surface area contributed by atoms with E-state index in [2.05, 4.69) is 15.2 Å². The Morgan fingerprint density at radius 2 is 1.81 bits per heavy atom. The van der Waals surface area contributed by atoms with Gasteiger partial charge >= 0.3 is 0 Å². The summed E-state index contributed by atoms with van der Waals surface area (Å²) in [6, 6.07) is 17.2. The topological polar surface area (TPSA) is 45.2 Å². The first kappa shape index (κ1) is 22.1. The Kier molecular flexibility index (Phi) is 6.90. The fourth-order valence-electron chi connectivity index (χ4n) is 4.38. The van der Waals surface area contributed by atoms with Crippen LogP contribution in [0.4, 0.5) is 8.78 Å². The van der Waals surface area contributed by atoms with Gasteiger partial charge in [0.2, 0.25) is 0 Å². The van der Waals surface area contributed by atoms with E-state index >= 15 is 0 Å². The molecule has 4 rings (SSSR count). The van der Waals surface area contributed by atoms with E-state index in [0.717, 1.165) is 42.8 Å². The van der Waals surface area contributed by atoms with E-state index in [1.54, 1.807) is 12.3 Å². The number of aromatic nitrogens is 1. The number of piperidine rings is 1. The molecule has 2 heterocycles. The van der Waals surface area contributed by atoms with Crippen LogP contribution in [-0.4, -0.2) is 28.9 Å². The standard InChI is InChI=1S/C26H27F2N3O/c1-18-6-2-3-7-21(18)26(32)30-25(24-8-4-5-13-29-24)20-11-14-31(15-12-20)17-19-9-10-22(27)23(28)16-19/h2-10,13,16,20,25H,11-12,14-15,17H2,1H3,(H,30,32)/t25-/m0/s1. The predicted molar refractivity (Wildman–Crippen MR) is 120 cm³/mol. The minimum absolute atomic E-state index is 0.0945. The highest BCUT2D eigenvalue weighted by Gasteiger charge is 2.30. The van der Waals surface area contributed by atoms with Crippen LogP contribution < -0.4 is 5.32 Å². The monoisotopic (exact) mass is 435 g/mol. The summed E-state index contributed by atoms with van der Waals surface area (Å²) >= 11 is 0. The molecule has 1 fully saturated rings. The zero-order chi connectivity index (χ0) is 22.5. The normalized spacial score (nSPS) is 16.0. The van der Waals surface area contributed by atoms with Gasteiger partial charge in [0.1, 0.15) is 0 Å². The minimum atomic E-state index is -0.824. The Hall–Kier alpha value is -3.12. The highest BCUT2D eigenvalue weighted by Crippen LogP contribution is 2.31. The van der Waals surface area contributed by atoms with E-state index < -0.39 is 11.6 Å². The third-order valence-electron chi connectivity index (χ3n) is 6.18. The lowest BCUT2D eigenvalue weighted by Gasteiger charge is -2.36. The van der Waals surface area contributed by atoms with Crippen molar-refractivity contribution in [3.05, 3.63) is 101 Å². The van der Waals surface area contributed by atoms with Crippen molar-refractivity contribution in [1.29, 1.82) is 0 Å². The van der Waals surface area contributed by atoms with Crippen LogP contribution in [0.5, 0.6) is 0 Å². The molecule has 166 valence electrons. The molecule has 0 aliphatic carbocycles. The smallest absolute Gasteiger partial charge is 0.252 e. The number of hydrogen-bond donors (Lipinski definition) is 1. The van der Waals surface area contributed by atoms with E-state index in [1.807, 2.05) is 49.4 Å². The van der Waals surface area contributed by atoms with Crippen molar-refractivity contribution in [3.63, 3.8) is 0 Å². The third kappa shape index (κ3) is 5.19. The van der Waals surface area contributed by atoms with Crippen molar-refractivity contribution in [2.45, 2.75) is 32.4 Å². The van der Waals surface area contributed by atoms with E-state index in [0.29, 0.717) is 12.1 Å². The summed E-state index contributed by atoms with van der Waals surface area (Å²) in [5, 5.41) is 3.23. The van der Waals surface area contributed by atoms with Gasteiger partial charge in [0, 0.05) is 18.3 Å². The molecule has 0 radical (unpaired) electrons. The van der Waals surface area contributed by atoms with Gasteiger partial charge in [0.25, 0.3) is 5.91 Å². The van der Waals surface area contributed by atoms with Crippen molar-refractivity contribution in [2.75, 3.05) is 13.1 Å². The van der Waals surface area contributed by atoms with Crippen LogP contribution in [0.25, 0.3) is 0 Å². The molecule has 1 aliphatic rings. The SMILES string of the molecule is Cc1ccccc1C(=O)N[C@H](c1ccccn1)C1CCN(Cc2ccc(F)c(F)c2)CC1. The molecule has 1 aromatic heterocycles. The number of hydrogen-bond acceptors (Lipinski definition) is 3. The van der Waals surface area contributed by atoms with Gasteiger partial charge in [-0.25, -0.2) is 8.78 Å². The highest BCUT2D eigenvalue weighted by molar-refractivity contribution is 5.95. The number of aryl methyl sites for hydroxylation is 1. The molecule has 1 saturated heterocycles. The van der Waals surface area contributed by atoms with Crippen LogP contribution in [0.2, 0.25) is 0 Å². The molecule has 3 aromatic rings. The summed E-state index contributed by atoms with van der Waals surface area (Å²) in [5.41, 5.74) is 3.22. The second-order valence-electron chi connectivity index (χ2n) is 8.38. The number of carbonyl (C=O) groups excluding carboxylic acids is 1. The highest BCUT2D eigenvalue weighted by atomic mass is 19.2. The molecular weight excluding hydrogens is 408 g/mol. The van der Waals surface area contributed by atoms with Crippen LogP contribution in [0.15, 0.2) is 66.9 Å². The lowest BCUT2D eigenvalue weighted by molar-refractivity contribution is 0.0887. The largest absolute Gasteiger partial charge is 0.343 e. The van der Waals surface area contributed by atoms with E-state index in [1.165, 1.54) is 12.1 Å². The van der Waals surface area contributed by atoms with Gasteiger partial charge in [0.05, 0.1) is 11.7 Å². The summed E-state index contributed by atoms with van der Waals surface area (Å²) in [6.07, 6.45) is 3.50. The Morgan fingerprint density at radius 3 is 2.50 bits per heavy atom. The van der Waals surface area contributed by atoms with E-state index in [-0.39, 0.29) is 17.9 Å². The number of benzene rings is 2. The summed E-state index contributed by atoms with van der Waals surface area (Å²) in [7, 11) is 0. The third-order valence-corrected chi connectivity index (χ3v) is 6.18. The van der Waals surface area contributed by atoms with Crippen molar-refractivity contribution >= 4 is 5.91 Å². The molecule has 1 amide bonds. The summed E-state index contributed by atoms with van der Waals surface area (Å²) < 4.78 is 26.7. The summed E-state index contributed by atoms with van der Waals surface area (Å²) in [4.78, 5) is 19.8. The number of carbonyl (C=O) groups is 1. The van der Waals surface area contributed by atoms with Gasteiger partial charge in [0.15, 0.2) is 11.6 Å². The predicted octanol–water partition coefficient (Wildman–Crippen LogP) is 5.05. The first-order valence-electron chi connectivity index (χ1n) is 10.9. The summed E-state index contributed by atoms with van der Waals surface area (Å²) in [6.45, 7) is 4.13. The maximum atomic E-state index is 13.5.